The topological polar surface area (TPSA) is 25.8 Å². The van der Waals surface area contributed by atoms with E-state index in [0.717, 1.165) is 11.1 Å². The molecule has 0 saturated heterocycles. The van der Waals surface area contributed by atoms with E-state index >= 15 is 4.39 Å². The molecule has 0 unspecified atom stereocenters. The van der Waals surface area contributed by atoms with Gasteiger partial charge in [-0.25, -0.2) is 4.39 Å². The molecule has 4 rings (SSSR count). The van der Waals surface area contributed by atoms with Crippen LogP contribution in [0.3, 0.4) is 0 Å². The number of nitrogens with zero attached hydrogens (tertiary/aromatic N) is 2. The van der Waals surface area contributed by atoms with Crippen LogP contribution in [0.2, 0.25) is 0 Å². The first-order chi connectivity index (χ1) is 13.1. The van der Waals surface area contributed by atoms with E-state index in [1.54, 1.807) is 12.1 Å². The van der Waals surface area contributed by atoms with Crippen LogP contribution in [0.1, 0.15) is 18.3 Å². The van der Waals surface area contributed by atoms with Crippen LogP contribution in [0.5, 0.6) is 0 Å². The minimum atomic E-state index is -1.82. The van der Waals surface area contributed by atoms with Crippen molar-refractivity contribution in [2.75, 3.05) is 0 Å². The van der Waals surface area contributed by atoms with Gasteiger partial charge < -0.3 is 0 Å². The molecule has 2 nitrogen and oxygen atoms in total. The zero-order valence-electron chi connectivity index (χ0n) is 15.2. The summed E-state index contributed by atoms with van der Waals surface area (Å²) < 4.78 is 15.8. The molecule has 0 N–H and O–H groups in total. The molecule has 140 valence electrons. The zero-order chi connectivity index (χ0) is 18.7. The van der Waals surface area contributed by atoms with Crippen molar-refractivity contribution in [2.45, 2.75) is 12.6 Å². The zero-order valence-corrected chi connectivity index (χ0v) is 17.4. The average Bonchev–Trinajstić information content (AvgIpc) is 2.75. The van der Waals surface area contributed by atoms with Crippen LogP contribution in [0.25, 0.3) is 22.5 Å². The third kappa shape index (κ3) is 4.10. The van der Waals surface area contributed by atoms with E-state index in [2.05, 4.69) is 22.1 Å². The van der Waals surface area contributed by atoms with E-state index in [1.165, 1.54) is 6.92 Å². The fourth-order valence-electron chi connectivity index (χ4n) is 2.93. The molecule has 2 aromatic heterocycles. The summed E-state index contributed by atoms with van der Waals surface area (Å²) in [5.74, 6) is 0. The molecule has 4 aromatic rings. The van der Waals surface area contributed by atoms with Gasteiger partial charge in [0.2, 0.25) is 0 Å². The van der Waals surface area contributed by atoms with Crippen LogP contribution in [-0.2, 0) is 26.7 Å². The molecule has 0 spiro atoms. The quantitative estimate of drug-likeness (QED) is 0.309. The number of aromatic nitrogens is 2. The number of benzene rings is 2. The summed E-state index contributed by atoms with van der Waals surface area (Å²) in [6, 6.07) is 32.0. The summed E-state index contributed by atoms with van der Waals surface area (Å²) >= 11 is 0. The van der Waals surface area contributed by atoms with Gasteiger partial charge in [0.05, 0.1) is 11.4 Å². The Morgan fingerprint density at radius 2 is 1.14 bits per heavy atom. The van der Waals surface area contributed by atoms with Crippen molar-refractivity contribution >= 4 is 0 Å². The van der Waals surface area contributed by atoms with Crippen molar-refractivity contribution in [3.63, 3.8) is 0 Å². The molecule has 0 atom stereocenters. The first kappa shape index (κ1) is 20.1. The van der Waals surface area contributed by atoms with Gasteiger partial charge >= 0.3 is 21.1 Å². The molecule has 2 aromatic carbocycles. The maximum Gasteiger partial charge on any atom is 2.00 e. The van der Waals surface area contributed by atoms with Crippen molar-refractivity contribution in [3.05, 3.63) is 108 Å². The van der Waals surface area contributed by atoms with E-state index in [-0.39, 0.29) is 21.1 Å². The number of hydrogen-bond donors (Lipinski definition) is 0. The Morgan fingerprint density at radius 1 is 0.679 bits per heavy atom. The Kier molecular flexibility index (Phi) is 6.16. The van der Waals surface area contributed by atoms with Crippen LogP contribution >= 0.6 is 0 Å². The second-order valence-electron chi connectivity index (χ2n) is 6.37. The first-order valence-electron chi connectivity index (χ1n) is 8.73. The number of pyridine rings is 2. The minimum absolute atomic E-state index is 0. The van der Waals surface area contributed by atoms with Crippen LogP contribution in [0, 0.1) is 12.1 Å². The maximum absolute atomic E-state index is 15.8. The van der Waals surface area contributed by atoms with Crippen molar-refractivity contribution in [3.8, 4) is 22.5 Å². The van der Waals surface area contributed by atoms with E-state index in [9.17, 15) is 0 Å². The van der Waals surface area contributed by atoms with Gasteiger partial charge in [-0.15, -0.1) is 71.8 Å². The van der Waals surface area contributed by atoms with Gasteiger partial charge in [0.25, 0.3) is 0 Å². The molecule has 4 heteroatoms. The van der Waals surface area contributed by atoms with Gasteiger partial charge in [-0.1, -0.05) is 24.3 Å². The summed E-state index contributed by atoms with van der Waals surface area (Å²) in [4.78, 5) is 9.08. The van der Waals surface area contributed by atoms with E-state index in [1.807, 2.05) is 72.8 Å². The average molecular weight is 547 g/mol. The summed E-state index contributed by atoms with van der Waals surface area (Å²) in [5, 5.41) is 0. The van der Waals surface area contributed by atoms with Crippen LogP contribution in [0.15, 0.2) is 84.9 Å². The maximum atomic E-state index is 15.8. The molecule has 0 amide bonds. The van der Waals surface area contributed by atoms with E-state index in [0.29, 0.717) is 22.8 Å². The number of alkyl halides is 1. The molecule has 2 heterocycles. The van der Waals surface area contributed by atoms with Crippen LogP contribution in [-0.4, -0.2) is 9.97 Å². The molecule has 0 aliphatic rings. The van der Waals surface area contributed by atoms with E-state index in [4.69, 9.17) is 0 Å². The van der Waals surface area contributed by atoms with Gasteiger partial charge in [-0.3, -0.25) is 9.97 Å². The number of hydrogen-bond acceptors (Lipinski definition) is 2. The third-order valence-corrected chi connectivity index (χ3v) is 4.43. The summed E-state index contributed by atoms with van der Waals surface area (Å²) in [7, 11) is 0. The predicted molar refractivity (Wildman–Crippen MR) is 105 cm³/mol. The van der Waals surface area contributed by atoms with Gasteiger partial charge in [0.1, 0.15) is 0 Å². The van der Waals surface area contributed by atoms with Crippen molar-refractivity contribution in [1.29, 1.82) is 0 Å². The normalized spacial score (nSPS) is 10.9. The van der Waals surface area contributed by atoms with Gasteiger partial charge in [-0.05, 0) is 30.4 Å². The molecule has 0 fully saturated rings. The monoisotopic (exact) mass is 547 g/mol. The summed E-state index contributed by atoms with van der Waals surface area (Å²) in [6.45, 7) is 1.49. The standard InChI is InChI=1S/C24H17FN2.Pt/c1-24(25,22-16-8-14-20(26-22)18-10-4-2-5-11-18)23-17-9-15-21(27-23)19-12-6-3-7-13-19;/h2-10,12,14-17H,1H3;/q-2;+2. The molecule has 28 heavy (non-hydrogen) atoms. The largest absolute Gasteiger partial charge is 2.00 e. The first-order valence-corrected chi connectivity index (χ1v) is 8.73. The van der Waals surface area contributed by atoms with Crippen LogP contribution < -0.4 is 0 Å². The fraction of sp³-hybridized carbons (Fsp3) is 0.0833. The SMILES string of the molecule is CC(F)(c1cccc(-c2[c-]cccc2)n1)c1cccc(-c2[c-]cccc2)n1.[Pt+2]. The molecule has 0 aliphatic heterocycles. The molecule has 0 radical (unpaired) electrons. The van der Waals surface area contributed by atoms with Crippen molar-refractivity contribution in [2.24, 2.45) is 0 Å². The third-order valence-electron chi connectivity index (χ3n) is 4.43. The molecular weight excluding hydrogens is 530 g/mol. The van der Waals surface area contributed by atoms with Gasteiger partial charge in [-0.2, -0.15) is 0 Å². The fourth-order valence-corrected chi connectivity index (χ4v) is 2.93. The molecule has 0 bridgehead atoms. The Morgan fingerprint density at radius 3 is 1.54 bits per heavy atom. The Bertz CT molecular complexity index is 965. The summed E-state index contributed by atoms with van der Waals surface area (Å²) in [5.41, 5.74) is 1.84. The number of halogens is 1. The molecule has 0 saturated carbocycles. The minimum Gasteiger partial charge on any atom is -0.297 e. The second kappa shape index (κ2) is 8.58. The predicted octanol–water partition coefficient (Wildman–Crippen LogP) is 5.64. The molecule has 0 aliphatic carbocycles. The van der Waals surface area contributed by atoms with Crippen molar-refractivity contribution in [1.82, 2.24) is 9.97 Å². The van der Waals surface area contributed by atoms with E-state index < -0.39 is 5.67 Å². The smallest absolute Gasteiger partial charge is 0.297 e. The summed E-state index contributed by atoms with van der Waals surface area (Å²) in [6.07, 6.45) is 0. The number of rotatable bonds is 4. The van der Waals surface area contributed by atoms with Crippen LogP contribution in [0.4, 0.5) is 4.39 Å². The Labute approximate surface area is 178 Å². The van der Waals surface area contributed by atoms with Gasteiger partial charge in [0, 0.05) is 0 Å². The second-order valence-corrected chi connectivity index (χ2v) is 6.37. The molecular formula is C24H17FN2Pt. The van der Waals surface area contributed by atoms with Gasteiger partial charge in [0.15, 0.2) is 5.67 Å². The van der Waals surface area contributed by atoms with Crippen molar-refractivity contribution < 1.29 is 25.5 Å². The Balaban J connectivity index is 0.00000225. The Hall–Kier alpha value is -2.64.